The highest BCUT2D eigenvalue weighted by molar-refractivity contribution is 14.0. The van der Waals surface area contributed by atoms with Crippen LogP contribution in [0.15, 0.2) is 11.1 Å². The zero-order chi connectivity index (χ0) is 17.9. The summed E-state index contributed by atoms with van der Waals surface area (Å²) in [6, 6.07) is 2.08. The minimum Gasteiger partial charge on any atom is -0.356 e. The molecule has 0 aliphatic heterocycles. The molecule has 8 heteroatoms. The summed E-state index contributed by atoms with van der Waals surface area (Å²) < 4.78 is 2.02. The fraction of sp³-hybridized carbons (Fsp3) is 0.706. The number of likely N-dealkylation sites (N-methyl/N-ethyl adjacent to an activating group) is 1. The second-order valence-electron chi connectivity index (χ2n) is 6.16. The highest BCUT2D eigenvalue weighted by Crippen LogP contribution is 2.02. The van der Waals surface area contributed by atoms with Gasteiger partial charge in [-0.2, -0.15) is 5.10 Å². The summed E-state index contributed by atoms with van der Waals surface area (Å²) in [4.78, 5) is 17.6. The van der Waals surface area contributed by atoms with Gasteiger partial charge in [-0.25, -0.2) is 4.99 Å². The number of rotatable bonds is 9. The number of hydrogen-bond donors (Lipinski definition) is 2. The van der Waals surface area contributed by atoms with Gasteiger partial charge in [0.15, 0.2) is 5.96 Å². The molecule has 1 rings (SSSR count). The van der Waals surface area contributed by atoms with Gasteiger partial charge in [-0.05, 0) is 32.8 Å². The molecule has 1 aromatic rings. The number of unbranched alkanes of at least 4 members (excludes halogenated alkanes) is 1. The third kappa shape index (κ3) is 9.66. The second-order valence-corrected chi connectivity index (χ2v) is 6.16. The lowest BCUT2D eigenvalue weighted by atomic mass is 10.3. The molecule has 1 amide bonds. The Morgan fingerprint density at radius 1 is 1.24 bits per heavy atom. The van der Waals surface area contributed by atoms with Crippen molar-refractivity contribution in [2.45, 2.75) is 46.6 Å². The van der Waals surface area contributed by atoms with E-state index in [1.165, 1.54) is 5.69 Å². The Morgan fingerprint density at radius 3 is 2.40 bits per heavy atom. The maximum Gasteiger partial charge on any atom is 0.243 e. The van der Waals surface area contributed by atoms with Gasteiger partial charge in [-0.1, -0.05) is 13.3 Å². The smallest absolute Gasteiger partial charge is 0.243 e. The summed E-state index contributed by atoms with van der Waals surface area (Å²) in [5.74, 6) is 0.696. The molecule has 0 aliphatic rings. The average molecular weight is 464 g/mol. The van der Waals surface area contributed by atoms with Crippen molar-refractivity contribution in [2.24, 2.45) is 4.99 Å². The fourth-order valence-corrected chi connectivity index (χ4v) is 2.18. The Bertz CT molecular complexity index is 541. The minimum absolute atomic E-state index is 0. The van der Waals surface area contributed by atoms with Crippen LogP contribution in [0.25, 0.3) is 0 Å². The number of aromatic nitrogens is 2. The van der Waals surface area contributed by atoms with Crippen molar-refractivity contribution in [3.63, 3.8) is 0 Å². The van der Waals surface area contributed by atoms with Crippen LogP contribution in [-0.4, -0.2) is 60.3 Å². The Morgan fingerprint density at radius 2 is 1.88 bits per heavy atom. The third-order valence-corrected chi connectivity index (χ3v) is 3.64. The molecular formula is C17H33IN6O. The Balaban J connectivity index is 0.00000576. The lowest BCUT2D eigenvalue weighted by molar-refractivity contribution is -0.127. The predicted molar refractivity (Wildman–Crippen MR) is 114 cm³/mol. The van der Waals surface area contributed by atoms with Gasteiger partial charge in [0.25, 0.3) is 0 Å². The van der Waals surface area contributed by atoms with E-state index < -0.39 is 0 Å². The van der Waals surface area contributed by atoms with Crippen molar-refractivity contribution in [2.75, 3.05) is 33.7 Å². The van der Waals surface area contributed by atoms with Crippen LogP contribution in [-0.2, 0) is 11.3 Å². The first-order valence-corrected chi connectivity index (χ1v) is 8.67. The molecule has 1 aromatic heterocycles. The van der Waals surface area contributed by atoms with Gasteiger partial charge in [-0.3, -0.25) is 9.48 Å². The quantitative estimate of drug-likeness (QED) is 0.254. The van der Waals surface area contributed by atoms with E-state index >= 15 is 0 Å². The van der Waals surface area contributed by atoms with E-state index in [1.54, 1.807) is 19.0 Å². The molecule has 2 N–H and O–H groups in total. The summed E-state index contributed by atoms with van der Waals surface area (Å²) in [6.45, 7) is 8.89. The fourth-order valence-electron chi connectivity index (χ4n) is 2.18. The Labute approximate surface area is 168 Å². The van der Waals surface area contributed by atoms with Gasteiger partial charge >= 0.3 is 0 Å². The summed E-state index contributed by atoms with van der Waals surface area (Å²) in [7, 11) is 3.48. The predicted octanol–water partition coefficient (Wildman–Crippen LogP) is 1.93. The third-order valence-electron chi connectivity index (χ3n) is 3.64. The standard InChI is InChI=1S/C17H32N6O.HI/c1-6-7-9-18-17(20-13-16(24)22(4)5)19-10-8-11-23-15(3)12-14(2)21-23;/h12H,6-11,13H2,1-5H3,(H2,18,19,20);1H. The van der Waals surface area contributed by atoms with Crippen molar-refractivity contribution in [3.05, 3.63) is 17.5 Å². The van der Waals surface area contributed by atoms with E-state index in [0.29, 0.717) is 5.96 Å². The van der Waals surface area contributed by atoms with Gasteiger partial charge in [0, 0.05) is 39.4 Å². The van der Waals surface area contributed by atoms with E-state index in [4.69, 9.17) is 0 Å². The molecule has 1 heterocycles. The first-order valence-electron chi connectivity index (χ1n) is 8.67. The van der Waals surface area contributed by atoms with Crippen LogP contribution < -0.4 is 10.6 Å². The van der Waals surface area contributed by atoms with Crippen LogP contribution in [0.1, 0.15) is 37.6 Å². The maximum absolute atomic E-state index is 11.7. The molecule has 0 spiro atoms. The van der Waals surface area contributed by atoms with Crippen molar-refractivity contribution in [3.8, 4) is 0 Å². The lowest BCUT2D eigenvalue weighted by Crippen LogP contribution is -2.39. The summed E-state index contributed by atoms with van der Waals surface area (Å²) in [5.41, 5.74) is 2.23. The van der Waals surface area contributed by atoms with Gasteiger partial charge < -0.3 is 15.5 Å². The van der Waals surface area contributed by atoms with Crippen molar-refractivity contribution in [1.29, 1.82) is 0 Å². The van der Waals surface area contributed by atoms with Gasteiger partial charge in [-0.15, -0.1) is 24.0 Å². The van der Waals surface area contributed by atoms with Crippen molar-refractivity contribution < 1.29 is 4.79 Å². The SMILES string of the molecule is CCCCNC(=NCC(=O)N(C)C)NCCCn1nc(C)cc1C.I. The average Bonchev–Trinajstić information content (AvgIpc) is 2.85. The number of amides is 1. The largest absolute Gasteiger partial charge is 0.356 e. The number of halogens is 1. The summed E-state index contributed by atoms with van der Waals surface area (Å²) in [6.07, 6.45) is 3.14. The van der Waals surface area contributed by atoms with Crippen LogP contribution in [0.3, 0.4) is 0 Å². The molecule has 0 aliphatic carbocycles. The zero-order valence-corrected chi connectivity index (χ0v) is 18.5. The number of aryl methyl sites for hydroxylation is 3. The number of guanidine groups is 1. The number of hydrogen-bond acceptors (Lipinski definition) is 3. The van der Waals surface area contributed by atoms with Crippen LogP contribution in [0.4, 0.5) is 0 Å². The van der Waals surface area contributed by atoms with E-state index in [1.807, 2.05) is 11.6 Å². The molecule has 0 saturated heterocycles. The molecule has 0 aromatic carbocycles. The number of aliphatic imine (C=N–C) groups is 1. The van der Waals surface area contributed by atoms with E-state index in [0.717, 1.165) is 44.6 Å². The van der Waals surface area contributed by atoms with Crippen LogP contribution in [0, 0.1) is 13.8 Å². The molecule has 144 valence electrons. The first-order chi connectivity index (χ1) is 11.4. The summed E-state index contributed by atoms with van der Waals surface area (Å²) in [5, 5.41) is 11.0. The van der Waals surface area contributed by atoms with E-state index in [2.05, 4.69) is 40.6 Å². The monoisotopic (exact) mass is 464 g/mol. The molecular weight excluding hydrogens is 431 g/mol. The van der Waals surface area contributed by atoms with Gasteiger partial charge in [0.2, 0.25) is 5.91 Å². The highest BCUT2D eigenvalue weighted by Gasteiger charge is 2.05. The minimum atomic E-state index is -0.00534. The van der Waals surface area contributed by atoms with Crippen molar-refractivity contribution in [1.82, 2.24) is 25.3 Å². The topological polar surface area (TPSA) is 74.6 Å². The molecule has 0 radical (unpaired) electrons. The lowest BCUT2D eigenvalue weighted by Gasteiger charge is -2.14. The zero-order valence-electron chi connectivity index (χ0n) is 16.1. The molecule has 0 unspecified atom stereocenters. The van der Waals surface area contributed by atoms with Gasteiger partial charge in [0.1, 0.15) is 6.54 Å². The van der Waals surface area contributed by atoms with Gasteiger partial charge in [0.05, 0.1) is 5.69 Å². The number of carbonyl (C=O) groups is 1. The Hall–Kier alpha value is -1.32. The number of carbonyl (C=O) groups excluding carboxylic acids is 1. The first kappa shape index (κ1) is 23.7. The number of nitrogens with zero attached hydrogens (tertiary/aromatic N) is 4. The molecule has 7 nitrogen and oxygen atoms in total. The van der Waals surface area contributed by atoms with E-state index in [9.17, 15) is 4.79 Å². The van der Waals surface area contributed by atoms with Crippen molar-refractivity contribution >= 4 is 35.8 Å². The normalized spacial score (nSPS) is 11.0. The van der Waals surface area contributed by atoms with Crippen LogP contribution >= 0.6 is 24.0 Å². The molecule has 0 atom stereocenters. The number of nitrogens with one attached hydrogen (secondary N) is 2. The second kappa shape index (κ2) is 13.0. The van der Waals surface area contributed by atoms with Crippen LogP contribution in [0.5, 0.6) is 0 Å². The summed E-state index contributed by atoms with van der Waals surface area (Å²) >= 11 is 0. The molecule has 0 fully saturated rings. The molecule has 0 bridgehead atoms. The molecule has 25 heavy (non-hydrogen) atoms. The van der Waals surface area contributed by atoms with E-state index in [-0.39, 0.29) is 36.4 Å². The van der Waals surface area contributed by atoms with Crippen LogP contribution in [0.2, 0.25) is 0 Å². The maximum atomic E-state index is 11.7. The Kier molecular flexibility index (Phi) is 12.3. The molecule has 0 saturated carbocycles. The highest BCUT2D eigenvalue weighted by atomic mass is 127.